The molecule has 106 valence electrons. The SMILES string of the molecule is Cc1ccc(C2C(N)CCCN2CC(C)C)cc1F. The smallest absolute Gasteiger partial charge is 0.126 e. The fraction of sp³-hybridized carbons (Fsp3) is 0.625. The van der Waals surface area contributed by atoms with Gasteiger partial charge in [0.15, 0.2) is 0 Å². The Hall–Kier alpha value is -0.930. The van der Waals surface area contributed by atoms with Crippen LogP contribution < -0.4 is 5.73 Å². The van der Waals surface area contributed by atoms with Gasteiger partial charge < -0.3 is 5.73 Å². The molecule has 0 aromatic heterocycles. The molecule has 3 heteroatoms. The number of halogens is 1. The zero-order valence-electron chi connectivity index (χ0n) is 12.2. The zero-order valence-corrected chi connectivity index (χ0v) is 12.2. The van der Waals surface area contributed by atoms with Crippen LogP contribution in [0.1, 0.15) is 43.9 Å². The third-order valence-corrected chi connectivity index (χ3v) is 3.92. The maximum absolute atomic E-state index is 13.8. The predicted molar refractivity (Wildman–Crippen MR) is 77.5 cm³/mol. The standard InChI is InChI=1S/C16H25FN2/c1-11(2)10-19-8-4-5-15(18)16(19)13-7-6-12(3)14(17)9-13/h6-7,9,11,15-16H,4-5,8,10,18H2,1-3H3. The van der Waals surface area contributed by atoms with E-state index in [1.165, 1.54) is 0 Å². The van der Waals surface area contributed by atoms with Gasteiger partial charge >= 0.3 is 0 Å². The second kappa shape index (κ2) is 6.02. The summed E-state index contributed by atoms with van der Waals surface area (Å²) in [6.07, 6.45) is 2.16. The first-order valence-corrected chi connectivity index (χ1v) is 7.24. The van der Waals surface area contributed by atoms with Gasteiger partial charge in [-0.3, -0.25) is 4.90 Å². The number of hydrogen-bond donors (Lipinski definition) is 1. The van der Waals surface area contributed by atoms with Crippen LogP contribution in [0.25, 0.3) is 0 Å². The van der Waals surface area contributed by atoms with Gasteiger partial charge in [0.1, 0.15) is 5.82 Å². The Morgan fingerprint density at radius 3 is 2.79 bits per heavy atom. The van der Waals surface area contributed by atoms with Gasteiger partial charge in [0.2, 0.25) is 0 Å². The summed E-state index contributed by atoms with van der Waals surface area (Å²) in [7, 11) is 0. The quantitative estimate of drug-likeness (QED) is 0.908. The summed E-state index contributed by atoms with van der Waals surface area (Å²) in [5.41, 5.74) is 8.02. The van der Waals surface area contributed by atoms with E-state index in [4.69, 9.17) is 5.73 Å². The van der Waals surface area contributed by atoms with Crippen LogP contribution in [0, 0.1) is 18.7 Å². The zero-order chi connectivity index (χ0) is 14.0. The molecule has 1 aromatic rings. The third-order valence-electron chi connectivity index (χ3n) is 3.92. The Balaban J connectivity index is 2.27. The average molecular weight is 264 g/mol. The van der Waals surface area contributed by atoms with E-state index in [2.05, 4.69) is 18.7 Å². The summed E-state index contributed by atoms with van der Waals surface area (Å²) in [6.45, 7) is 8.31. The van der Waals surface area contributed by atoms with Crippen molar-refractivity contribution in [1.29, 1.82) is 0 Å². The Morgan fingerprint density at radius 1 is 1.42 bits per heavy atom. The number of benzene rings is 1. The summed E-state index contributed by atoms with van der Waals surface area (Å²) in [4.78, 5) is 2.42. The van der Waals surface area contributed by atoms with Crippen LogP contribution in [0.15, 0.2) is 18.2 Å². The first kappa shape index (κ1) is 14.5. The Morgan fingerprint density at radius 2 is 2.16 bits per heavy atom. The summed E-state index contributed by atoms with van der Waals surface area (Å²) in [5, 5.41) is 0. The van der Waals surface area contributed by atoms with Gasteiger partial charge in [-0.2, -0.15) is 0 Å². The molecule has 2 unspecified atom stereocenters. The van der Waals surface area contributed by atoms with Crippen molar-refractivity contribution in [3.63, 3.8) is 0 Å². The fourth-order valence-corrected chi connectivity index (χ4v) is 3.02. The lowest BCUT2D eigenvalue weighted by Gasteiger charge is -2.41. The van der Waals surface area contributed by atoms with Gasteiger partial charge in [-0.05, 0) is 49.4 Å². The van der Waals surface area contributed by atoms with Crippen LogP contribution in [0.4, 0.5) is 4.39 Å². The molecule has 0 saturated carbocycles. The number of likely N-dealkylation sites (tertiary alicyclic amines) is 1. The van der Waals surface area contributed by atoms with E-state index in [1.807, 2.05) is 12.1 Å². The van der Waals surface area contributed by atoms with Gasteiger partial charge in [0, 0.05) is 18.6 Å². The number of nitrogens with zero attached hydrogens (tertiary/aromatic N) is 1. The van der Waals surface area contributed by atoms with Crippen molar-refractivity contribution >= 4 is 0 Å². The van der Waals surface area contributed by atoms with E-state index in [9.17, 15) is 4.39 Å². The van der Waals surface area contributed by atoms with Gasteiger partial charge in [-0.1, -0.05) is 26.0 Å². The molecule has 0 aliphatic carbocycles. The fourth-order valence-electron chi connectivity index (χ4n) is 3.02. The number of hydrogen-bond acceptors (Lipinski definition) is 2. The van der Waals surface area contributed by atoms with E-state index in [-0.39, 0.29) is 17.9 Å². The second-order valence-electron chi connectivity index (χ2n) is 6.15. The van der Waals surface area contributed by atoms with E-state index in [1.54, 1.807) is 13.0 Å². The monoisotopic (exact) mass is 264 g/mol. The first-order valence-electron chi connectivity index (χ1n) is 7.24. The average Bonchev–Trinajstić information content (AvgIpc) is 2.32. The van der Waals surface area contributed by atoms with Crippen LogP contribution in [0.3, 0.4) is 0 Å². The van der Waals surface area contributed by atoms with Crippen molar-refractivity contribution in [1.82, 2.24) is 4.90 Å². The molecule has 19 heavy (non-hydrogen) atoms. The molecule has 1 aliphatic rings. The molecule has 2 N–H and O–H groups in total. The van der Waals surface area contributed by atoms with E-state index < -0.39 is 0 Å². The molecule has 2 nitrogen and oxygen atoms in total. The van der Waals surface area contributed by atoms with Crippen LogP contribution in [-0.4, -0.2) is 24.0 Å². The van der Waals surface area contributed by atoms with Crippen LogP contribution in [0.2, 0.25) is 0 Å². The predicted octanol–water partition coefficient (Wildman–Crippen LogP) is 3.25. The molecule has 1 aromatic carbocycles. The number of piperidine rings is 1. The minimum Gasteiger partial charge on any atom is -0.326 e. The van der Waals surface area contributed by atoms with Crippen molar-refractivity contribution in [2.75, 3.05) is 13.1 Å². The maximum atomic E-state index is 13.8. The molecule has 2 rings (SSSR count). The highest BCUT2D eigenvalue weighted by Crippen LogP contribution is 2.31. The highest BCUT2D eigenvalue weighted by atomic mass is 19.1. The van der Waals surface area contributed by atoms with Crippen LogP contribution >= 0.6 is 0 Å². The van der Waals surface area contributed by atoms with Crippen molar-refractivity contribution in [3.05, 3.63) is 35.1 Å². The molecule has 0 bridgehead atoms. The molecule has 0 amide bonds. The van der Waals surface area contributed by atoms with Crippen molar-refractivity contribution < 1.29 is 4.39 Å². The lowest BCUT2D eigenvalue weighted by molar-refractivity contribution is 0.114. The minimum absolute atomic E-state index is 0.106. The van der Waals surface area contributed by atoms with Gasteiger partial charge in [0.05, 0.1) is 0 Å². The van der Waals surface area contributed by atoms with E-state index in [0.29, 0.717) is 11.5 Å². The number of nitrogens with two attached hydrogens (primary N) is 1. The van der Waals surface area contributed by atoms with Crippen molar-refractivity contribution in [2.45, 2.75) is 45.7 Å². The van der Waals surface area contributed by atoms with E-state index in [0.717, 1.165) is 31.5 Å². The Labute approximate surface area is 115 Å². The number of rotatable bonds is 3. The minimum atomic E-state index is -0.125. The number of aryl methyl sites for hydroxylation is 1. The van der Waals surface area contributed by atoms with Crippen LogP contribution in [-0.2, 0) is 0 Å². The first-order chi connectivity index (χ1) is 8.99. The third kappa shape index (κ3) is 3.34. The highest BCUT2D eigenvalue weighted by molar-refractivity contribution is 5.27. The summed E-state index contributed by atoms with van der Waals surface area (Å²) in [5.74, 6) is 0.475. The van der Waals surface area contributed by atoms with Gasteiger partial charge in [0.25, 0.3) is 0 Å². The molecule has 1 fully saturated rings. The maximum Gasteiger partial charge on any atom is 0.126 e. The molecule has 0 radical (unpaired) electrons. The molecular formula is C16H25FN2. The van der Waals surface area contributed by atoms with Gasteiger partial charge in [-0.15, -0.1) is 0 Å². The van der Waals surface area contributed by atoms with Gasteiger partial charge in [-0.25, -0.2) is 4.39 Å². The lowest BCUT2D eigenvalue weighted by Crippen LogP contribution is -2.47. The molecule has 1 heterocycles. The Kier molecular flexibility index (Phi) is 4.58. The van der Waals surface area contributed by atoms with Crippen molar-refractivity contribution in [2.24, 2.45) is 11.7 Å². The largest absolute Gasteiger partial charge is 0.326 e. The molecule has 2 atom stereocenters. The molecule has 0 spiro atoms. The normalized spacial score (nSPS) is 24.9. The van der Waals surface area contributed by atoms with Crippen molar-refractivity contribution in [3.8, 4) is 0 Å². The second-order valence-corrected chi connectivity index (χ2v) is 6.15. The Bertz CT molecular complexity index is 431. The molecule has 1 saturated heterocycles. The molecule has 1 aliphatic heterocycles. The topological polar surface area (TPSA) is 29.3 Å². The summed E-state index contributed by atoms with van der Waals surface area (Å²) >= 11 is 0. The van der Waals surface area contributed by atoms with E-state index >= 15 is 0 Å². The summed E-state index contributed by atoms with van der Waals surface area (Å²) in [6, 6.07) is 5.82. The highest BCUT2D eigenvalue weighted by Gasteiger charge is 2.30. The molecular weight excluding hydrogens is 239 g/mol. The van der Waals surface area contributed by atoms with Crippen LogP contribution in [0.5, 0.6) is 0 Å². The summed E-state index contributed by atoms with van der Waals surface area (Å²) < 4.78 is 13.8. The lowest BCUT2D eigenvalue weighted by atomic mass is 9.89.